The van der Waals surface area contributed by atoms with Gasteiger partial charge in [0.2, 0.25) is 0 Å². The molecule has 1 aromatic carbocycles. The van der Waals surface area contributed by atoms with Crippen LogP contribution < -0.4 is 5.32 Å². The first-order valence-electron chi connectivity index (χ1n) is 6.87. The van der Waals surface area contributed by atoms with Gasteiger partial charge in [0.25, 0.3) is 5.91 Å². The number of hydrogen-bond acceptors (Lipinski definition) is 1. The third kappa shape index (κ3) is 3.94. The molecule has 1 amide bonds. The van der Waals surface area contributed by atoms with Crippen molar-refractivity contribution in [3.8, 4) is 0 Å². The minimum atomic E-state index is 0.0516. The van der Waals surface area contributed by atoms with Crippen LogP contribution in [0.15, 0.2) is 22.7 Å². The molecule has 4 heteroatoms. The predicted octanol–water partition coefficient (Wildman–Crippen LogP) is 4.75. The molecule has 2 unspecified atom stereocenters. The van der Waals surface area contributed by atoms with Crippen molar-refractivity contribution >= 4 is 44.4 Å². The van der Waals surface area contributed by atoms with E-state index in [0.717, 1.165) is 26.4 Å². The summed E-state index contributed by atoms with van der Waals surface area (Å²) in [6, 6.07) is 6.21. The SMILES string of the molecule is CCC1CCCCC1NC(=O)c1cc(I)ccc1Br. The highest BCUT2D eigenvalue weighted by atomic mass is 127. The van der Waals surface area contributed by atoms with E-state index in [1.807, 2.05) is 18.2 Å². The molecule has 1 aromatic rings. The van der Waals surface area contributed by atoms with Crippen LogP contribution in [-0.2, 0) is 0 Å². The van der Waals surface area contributed by atoms with Gasteiger partial charge in [0.15, 0.2) is 0 Å². The van der Waals surface area contributed by atoms with Gasteiger partial charge in [-0.3, -0.25) is 4.79 Å². The van der Waals surface area contributed by atoms with Gasteiger partial charge in [-0.15, -0.1) is 0 Å². The maximum Gasteiger partial charge on any atom is 0.252 e. The van der Waals surface area contributed by atoms with Crippen LogP contribution in [0.25, 0.3) is 0 Å². The highest BCUT2D eigenvalue weighted by Crippen LogP contribution is 2.27. The van der Waals surface area contributed by atoms with E-state index in [-0.39, 0.29) is 5.91 Å². The molecule has 2 nitrogen and oxygen atoms in total. The Morgan fingerprint density at radius 2 is 2.16 bits per heavy atom. The van der Waals surface area contributed by atoms with Gasteiger partial charge >= 0.3 is 0 Å². The van der Waals surface area contributed by atoms with Gasteiger partial charge in [-0.05, 0) is 75.5 Å². The van der Waals surface area contributed by atoms with E-state index in [4.69, 9.17) is 0 Å². The Bertz CT molecular complexity index is 463. The Morgan fingerprint density at radius 3 is 2.89 bits per heavy atom. The molecule has 1 aliphatic carbocycles. The third-order valence-electron chi connectivity index (χ3n) is 3.92. The van der Waals surface area contributed by atoms with Crippen molar-refractivity contribution in [1.29, 1.82) is 0 Å². The average Bonchev–Trinajstić information content (AvgIpc) is 2.42. The van der Waals surface area contributed by atoms with Crippen molar-refractivity contribution < 1.29 is 4.79 Å². The molecule has 1 N–H and O–H groups in total. The Hall–Kier alpha value is -0.100. The molecule has 0 spiro atoms. The molecular weight excluding hydrogens is 417 g/mol. The highest BCUT2D eigenvalue weighted by Gasteiger charge is 2.25. The van der Waals surface area contributed by atoms with E-state index in [1.165, 1.54) is 19.3 Å². The normalized spacial score (nSPS) is 23.1. The summed E-state index contributed by atoms with van der Waals surface area (Å²) < 4.78 is 1.95. The minimum Gasteiger partial charge on any atom is -0.349 e. The Balaban J connectivity index is 2.09. The molecule has 0 saturated heterocycles. The van der Waals surface area contributed by atoms with Crippen LogP contribution in [0, 0.1) is 9.49 Å². The predicted molar refractivity (Wildman–Crippen MR) is 90.4 cm³/mol. The number of hydrogen-bond donors (Lipinski definition) is 1. The van der Waals surface area contributed by atoms with Crippen LogP contribution in [-0.4, -0.2) is 11.9 Å². The number of benzene rings is 1. The molecule has 104 valence electrons. The van der Waals surface area contributed by atoms with Crippen LogP contribution in [0.4, 0.5) is 0 Å². The number of amides is 1. The Morgan fingerprint density at radius 1 is 1.42 bits per heavy atom. The monoisotopic (exact) mass is 435 g/mol. The first kappa shape index (κ1) is 15.3. The molecule has 19 heavy (non-hydrogen) atoms. The average molecular weight is 436 g/mol. The Kier molecular flexibility index (Phi) is 5.69. The largest absolute Gasteiger partial charge is 0.349 e. The van der Waals surface area contributed by atoms with Crippen LogP contribution in [0.1, 0.15) is 49.4 Å². The summed E-state index contributed by atoms with van der Waals surface area (Å²) in [5.41, 5.74) is 0.743. The van der Waals surface area contributed by atoms with Crippen LogP contribution in [0.5, 0.6) is 0 Å². The first-order chi connectivity index (χ1) is 9.11. The van der Waals surface area contributed by atoms with Crippen molar-refractivity contribution in [2.75, 3.05) is 0 Å². The summed E-state index contributed by atoms with van der Waals surface area (Å²) in [6.45, 7) is 2.22. The first-order valence-corrected chi connectivity index (χ1v) is 8.75. The molecule has 0 aromatic heterocycles. The molecule has 1 fully saturated rings. The minimum absolute atomic E-state index is 0.0516. The molecule has 1 saturated carbocycles. The van der Waals surface area contributed by atoms with Crippen molar-refractivity contribution in [2.45, 2.75) is 45.1 Å². The maximum atomic E-state index is 12.4. The van der Waals surface area contributed by atoms with Crippen LogP contribution in [0.2, 0.25) is 0 Å². The van der Waals surface area contributed by atoms with Crippen molar-refractivity contribution in [3.63, 3.8) is 0 Å². The maximum absolute atomic E-state index is 12.4. The third-order valence-corrected chi connectivity index (χ3v) is 5.29. The quantitative estimate of drug-likeness (QED) is 0.681. The number of nitrogens with one attached hydrogen (secondary N) is 1. The fraction of sp³-hybridized carbons (Fsp3) is 0.533. The number of halogens is 2. The summed E-state index contributed by atoms with van der Waals surface area (Å²) in [6.07, 6.45) is 6.05. The van der Waals surface area contributed by atoms with Crippen LogP contribution in [0.3, 0.4) is 0 Å². The van der Waals surface area contributed by atoms with E-state index in [0.29, 0.717) is 12.0 Å². The van der Waals surface area contributed by atoms with Crippen LogP contribution >= 0.6 is 38.5 Å². The number of carbonyl (C=O) groups is 1. The smallest absolute Gasteiger partial charge is 0.252 e. The van der Waals surface area contributed by atoms with E-state index >= 15 is 0 Å². The molecule has 0 bridgehead atoms. The van der Waals surface area contributed by atoms with Gasteiger partial charge in [-0.2, -0.15) is 0 Å². The molecule has 2 atom stereocenters. The second kappa shape index (κ2) is 7.07. The fourth-order valence-corrected chi connectivity index (χ4v) is 3.72. The lowest BCUT2D eigenvalue weighted by Crippen LogP contribution is -2.42. The summed E-state index contributed by atoms with van der Waals surface area (Å²) >= 11 is 5.70. The van der Waals surface area contributed by atoms with Crippen molar-refractivity contribution in [3.05, 3.63) is 31.8 Å². The Labute approximate surface area is 137 Å². The number of carbonyl (C=O) groups excluding carboxylic acids is 1. The molecule has 0 radical (unpaired) electrons. The zero-order chi connectivity index (χ0) is 13.8. The zero-order valence-electron chi connectivity index (χ0n) is 11.1. The summed E-state index contributed by atoms with van der Waals surface area (Å²) in [4.78, 5) is 12.4. The second-order valence-corrected chi connectivity index (χ2v) is 7.26. The molecular formula is C15H19BrINO. The summed E-state index contributed by atoms with van der Waals surface area (Å²) in [5.74, 6) is 0.690. The lowest BCUT2D eigenvalue weighted by molar-refractivity contribution is 0.0904. The van der Waals surface area contributed by atoms with E-state index < -0.39 is 0 Å². The topological polar surface area (TPSA) is 29.1 Å². The second-order valence-electron chi connectivity index (χ2n) is 5.16. The van der Waals surface area contributed by atoms with E-state index in [2.05, 4.69) is 50.8 Å². The highest BCUT2D eigenvalue weighted by molar-refractivity contribution is 14.1. The zero-order valence-corrected chi connectivity index (χ0v) is 14.8. The lowest BCUT2D eigenvalue weighted by Gasteiger charge is -2.31. The molecule has 0 heterocycles. The van der Waals surface area contributed by atoms with Crippen molar-refractivity contribution in [2.24, 2.45) is 5.92 Å². The molecule has 0 aliphatic heterocycles. The van der Waals surface area contributed by atoms with Gasteiger partial charge in [0.05, 0.1) is 5.56 Å². The van der Waals surface area contributed by atoms with E-state index in [1.54, 1.807) is 0 Å². The molecule has 1 aliphatic rings. The molecule has 2 rings (SSSR count). The van der Waals surface area contributed by atoms with E-state index in [9.17, 15) is 4.79 Å². The van der Waals surface area contributed by atoms with Gasteiger partial charge in [0.1, 0.15) is 0 Å². The number of rotatable bonds is 3. The fourth-order valence-electron chi connectivity index (χ4n) is 2.80. The van der Waals surface area contributed by atoms with Gasteiger partial charge in [-0.25, -0.2) is 0 Å². The summed E-state index contributed by atoms with van der Waals surface area (Å²) in [5, 5.41) is 3.23. The summed E-state index contributed by atoms with van der Waals surface area (Å²) in [7, 11) is 0. The van der Waals surface area contributed by atoms with Gasteiger partial charge in [-0.1, -0.05) is 26.2 Å². The van der Waals surface area contributed by atoms with Gasteiger partial charge < -0.3 is 5.32 Å². The van der Waals surface area contributed by atoms with Gasteiger partial charge in [0, 0.05) is 14.1 Å². The lowest BCUT2D eigenvalue weighted by atomic mass is 9.83. The standard InChI is InChI=1S/C15H19BrINO/c1-2-10-5-3-4-6-14(10)18-15(19)12-9-11(17)7-8-13(12)16/h7-10,14H,2-6H2,1H3,(H,18,19). The van der Waals surface area contributed by atoms with Crippen molar-refractivity contribution in [1.82, 2.24) is 5.32 Å².